The zero-order valence-corrected chi connectivity index (χ0v) is 23.7. The Balaban J connectivity index is 1.37. The SMILES string of the molecule is C=S1(=O)CCC(N2CCN(C(=O)c3ccc(-c4ncnc(CC)c4C#Cc4ccc(N)nc4)cc3OC)CC2)C1. The number of nitrogens with zero attached hydrogens (tertiary/aromatic N) is 5. The minimum Gasteiger partial charge on any atom is -0.496 e. The third kappa shape index (κ3) is 5.96. The molecule has 9 nitrogen and oxygen atoms in total. The fourth-order valence-corrected chi connectivity index (χ4v) is 7.23. The van der Waals surface area contributed by atoms with E-state index in [9.17, 15) is 9.00 Å². The first-order valence-corrected chi connectivity index (χ1v) is 15.5. The van der Waals surface area contributed by atoms with Gasteiger partial charge in [0.25, 0.3) is 5.91 Å². The smallest absolute Gasteiger partial charge is 0.257 e. The van der Waals surface area contributed by atoms with Gasteiger partial charge in [-0.15, -0.1) is 0 Å². The summed E-state index contributed by atoms with van der Waals surface area (Å²) in [5.74, 6) is 12.5. The van der Waals surface area contributed by atoms with Crippen molar-refractivity contribution in [2.75, 3.05) is 50.5 Å². The van der Waals surface area contributed by atoms with Crippen LogP contribution in [-0.2, 0) is 15.9 Å². The highest BCUT2D eigenvalue weighted by molar-refractivity contribution is 8.00. The summed E-state index contributed by atoms with van der Waals surface area (Å²) < 4.78 is 18.0. The molecule has 2 aliphatic rings. The summed E-state index contributed by atoms with van der Waals surface area (Å²) in [5, 5.41) is 0. The molecule has 3 aromatic rings. The van der Waals surface area contributed by atoms with E-state index in [4.69, 9.17) is 10.5 Å². The zero-order chi connectivity index (χ0) is 28.3. The molecule has 2 saturated heterocycles. The maximum atomic E-state index is 13.5. The van der Waals surface area contributed by atoms with Crippen LogP contribution in [0.25, 0.3) is 11.3 Å². The van der Waals surface area contributed by atoms with Gasteiger partial charge in [-0.2, -0.15) is 0 Å². The molecule has 2 unspecified atom stereocenters. The van der Waals surface area contributed by atoms with Crippen molar-refractivity contribution >= 4 is 27.1 Å². The zero-order valence-electron chi connectivity index (χ0n) is 22.9. The third-order valence-corrected chi connectivity index (χ3v) is 9.49. The topological polar surface area (TPSA) is 115 Å². The van der Waals surface area contributed by atoms with E-state index < -0.39 is 9.52 Å². The predicted molar refractivity (Wildman–Crippen MR) is 159 cm³/mol. The monoisotopic (exact) mass is 558 g/mol. The average molecular weight is 559 g/mol. The summed E-state index contributed by atoms with van der Waals surface area (Å²) in [4.78, 5) is 30.8. The Hall–Kier alpha value is -3.94. The van der Waals surface area contributed by atoms with Gasteiger partial charge < -0.3 is 15.4 Å². The predicted octanol–water partition coefficient (Wildman–Crippen LogP) is 2.34. The van der Waals surface area contributed by atoms with E-state index in [1.54, 1.807) is 25.4 Å². The van der Waals surface area contributed by atoms with Gasteiger partial charge in [0.15, 0.2) is 0 Å². The fourth-order valence-electron chi connectivity index (χ4n) is 5.29. The molecule has 1 aromatic carbocycles. The largest absolute Gasteiger partial charge is 0.496 e. The molecule has 1 amide bonds. The number of rotatable bonds is 5. The van der Waals surface area contributed by atoms with Crippen molar-refractivity contribution in [2.45, 2.75) is 25.8 Å². The van der Waals surface area contributed by atoms with Crippen LogP contribution in [0.15, 0.2) is 42.9 Å². The highest BCUT2D eigenvalue weighted by Crippen LogP contribution is 2.30. The molecular formula is C30H34N6O3S. The Kier molecular flexibility index (Phi) is 8.05. The van der Waals surface area contributed by atoms with Crippen molar-refractivity contribution in [2.24, 2.45) is 0 Å². The molecule has 10 heteroatoms. The molecular weight excluding hydrogens is 524 g/mol. The van der Waals surface area contributed by atoms with Gasteiger partial charge in [0.2, 0.25) is 0 Å². The van der Waals surface area contributed by atoms with Crippen LogP contribution >= 0.6 is 0 Å². The van der Waals surface area contributed by atoms with E-state index in [-0.39, 0.29) is 5.91 Å². The third-order valence-electron chi connectivity index (χ3n) is 7.52. The summed E-state index contributed by atoms with van der Waals surface area (Å²) in [7, 11) is -0.378. The average Bonchev–Trinajstić information content (AvgIpc) is 3.35. The Morgan fingerprint density at radius 2 is 1.95 bits per heavy atom. The summed E-state index contributed by atoms with van der Waals surface area (Å²) >= 11 is 0. The minimum absolute atomic E-state index is 0.0665. The molecule has 5 rings (SSSR count). The molecule has 2 aromatic heterocycles. The van der Waals surface area contributed by atoms with Crippen molar-refractivity contribution < 1.29 is 13.7 Å². The first kappa shape index (κ1) is 27.6. The second kappa shape index (κ2) is 11.7. The minimum atomic E-state index is -1.94. The summed E-state index contributed by atoms with van der Waals surface area (Å²) in [6.07, 6.45) is 4.77. The molecule has 2 aliphatic heterocycles. The van der Waals surface area contributed by atoms with Gasteiger partial charge in [0.1, 0.15) is 17.9 Å². The number of carbonyl (C=O) groups excluding carboxylic acids is 1. The number of piperazine rings is 1. The summed E-state index contributed by atoms with van der Waals surface area (Å²) in [5.41, 5.74) is 9.94. The van der Waals surface area contributed by atoms with E-state index >= 15 is 0 Å². The van der Waals surface area contributed by atoms with Gasteiger partial charge in [-0.05, 0) is 52.5 Å². The molecule has 4 heterocycles. The fraction of sp³-hybridized carbons (Fsp3) is 0.367. The molecule has 2 N–H and O–H groups in total. The molecule has 0 bridgehead atoms. The molecule has 0 saturated carbocycles. The molecule has 0 spiro atoms. The van der Waals surface area contributed by atoms with Crippen molar-refractivity contribution in [3.05, 3.63) is 65.2 Å². The number of methoxy groups -OCH3 is 1. The van der Waals surface area contributed by atoms with Crippen molar-refractivity contribution in [1.29, 1.82) is 0 Å². The van der Waals surface area contributed by atoms with Crippen LogP contribution < -0.4 is 10.5 Å². The highest BCUT2D eigenvalue weighted by Gasteiger charge is 2.32. The van der Waals surface area contributed by atoms with Crippen LogP contribution in [0.4, 0.5) is 5.82 Å². The van der Waals surface area contributed by atoms with Gasteiger partial charge in [-0.25, -0.2) is 15.0 Å². The van der Waals surface area contributed by atoms with Gasteiger partial charge in [-0.1, -0.05) is 24.8 Å². The highest BCUT2D eigenvalue weighted by atomic mass is 32.2. The number of pyridine rings is 1. The number of amides is 1. The van der Waals surface area contributed by atoms with Crippen molar-refractivity contribution in [3.8, 4) is 28.8 Å². The number of ether oxygens (including phenoxy) is 1. The van der Waals surface area contributed by atoms with Gasteiger partial charge in [0.05, 0.1) is 29.6 Å². The maximum Gasteiger partial charge on any atom is 0.257 e. The van der Waals surface area contributed by atoms with Crippen LogP contribution in [0.5, 0.6) is 5.75 Å². The van der Waals surface area contributed by atoms with Gasteiger partial charge in [0, 0.05) is 61.1 Å². The number of nitrogen functional groups attached to an aromatic ring is 1. The van der Waals surface area contributed by atoms with E-state index in [0.29, 0.717) is 59.9 Å². The molecule has 0 radical (unpaired) electrons. The number of nitrogens with two attached hydrogens (primary N) is 1. The molecule has 208 valence electrons. The quantitative estimate of drug-likeness (QED) is 0.375. The number of hydrogen-bond acceptors (Lipinski definition) is 8. The number of aromatic nitrogens is 3. The second-order valence-corrected chi connectivity index (χ2v) is 12.8. The lowest BCUT2D eigenvalue weighted by molar-refractivity contribution is 0.0585. The van der Waals surface area contributed by atoms with E-state index in [2.05, 4.69) is 37.6 Å². The number of aryl methyl sites for hydroxylation is 1. The van der Waals surface area contributed by atoms with Crippen LogP contribution in [0.1, 0.15) is 40.5 Å². The lowest BCUT2D eigenvalue weighted by Gasteiger charge is -2.38. The Morgan fingerprint density at radius 3 is 2.60 bits per heavy atom. The normalized spacial score (nSPS) is 21.1. The van der Waals surface area contributed by atoms with Crippen molar-refractivity contribution in [3.63, 3.8) is 0 Å². The van der Waals surface area contributed by atoms with Crippen LogP contribution in [0, 0.1) is 11.8 Å². The van der Waals surface area contributed by atoms with E-state index in [1.165, 1.54) is 6.33 Å². The van der Waals surface area contributed by atoms with Crippen LogP contribution in [0.2, 0.25) is 0 Å². The maximum absolute atomic E-state index is 13.5. The van der Waals surface area contributed by atoms with Gasteiger partial charge >= 0.3 is 0 Å². The van der Waals surface area contributed by atoms with E-state index in [0.717, 1.165) is 41.9 Å². The Labute approximate surface area is 235 Å². The molecule has 2 fully saturated rings. The number of anilines is 1. The Bertz CT molecular complexity index is 1570. The van der Waals surface area contributed by atoms with Gasteiger partial charge in [-0.3, -0.25) is 13.9 Å². The summed E-state index contributed by atoms with van der Waals surface area (Å²) in [6, 6.07) is 9.35. The van der Waals surface area contributed by atoms with Crippen LogP contribution in [0.3, 0.4) is 0 Å². The van der Waals surface area contributed by atoms with Crippen LogP contribution in [-0.4, -0.2) is 91.6 Å². The first-order chi connectivity index (χ1) is 19.3. The lowest BCUT2D eigenvalue weighted by atomic mass is 10.0. The Morgan fingerprint density at radius 1 is 1.15 bits per heavy atom. The number of carbonyl (C=O) groups is 1. The standard InChI is InChI=1S/C30H34N6O3S/c1-4-26-24(8-5-21-6-10-28(31)32-18-21)29(34-20-33-26)22-7-9-25(27(17-22)39-2)30(37)36-14-12-35(13-15-36)23-11-16-40(3,38)19-23/h6-7,9-10,17-18,20,23H,3-4,11-16,19H2,1-2H3,(H2,31,32). The lowest BCUT2D eigenvalue weighted by Crippen LogP contribution is -2.52. The number of benzene rings is 1. The summed E-state index contributed by atoms with van der Waals surface area (Å²) in [6.45, 7) is 4.78. The van der Waals surface area contributed by atoms with Crippen molar-refractivity contribution in [1.82, 2.24) is 24.8 Å². The van der Waals surface area contributed by atoms with E-state index in [1.807, 2.05) is 30.0 Å². The molecule has 2 atom stereocenters. The first-order valence-electron chi connectivity index (χ1n) is 13.4. The molecule has 0 aliphatic carbocycles. The molecule has 40 heavy (non-hydrogen) atoms. The second-order valence-electron chi connectivity index (χ2n) is 10.1. The number of hydrogen-bond donors (Lipinski definition) is 1.